The predicted octanol–water partition coefficient (Wildman–Crippen LogP) is 2.10. The molecule has 0 aliphatic heterocycles. The van der Waals surface area contributed by atoms with Crippen LogP contribution in [0.1, 0.15) is 27.9 Å². The molecule has 0 saturated heterocycles. The van der Waals surface area contributed by atoms with Crippen molar-refractivity contribution < 1.29 is 23.6 Å². The highest BCUT2D eigenvalue weighted by Crippen LogP contribution is 2.33. The number of nitrogens with zero attached hydrogens (tertiary/aromatic N) is 2. The first-order valence-corrected chi connectivity index (χ1v) is 4.13. The second-order valence-corrected chi connectivity index (χ2v) is 2.90. The van der Waals surface area contributed by atoms with Crippen LogP contribution >= 0.6 is 0 Å². The Labute approximate surface area is 92.9 Å². The van der Waals surface area contributed by atoms with Crippen LogP contribution in [0.15, 0.2) is 12.1 Å². The van der Waals surface area contributed by atoms with E-state index in [0.29, 0.717) is 6.07 Å². The number of carbonyl (C=O) groups is 1. The molecule has 0 aliphatic carbocycles. The molecule has 0 spiro atoms. The van der Waals surface area contributed by atoms with E-state index in [1.165, 1.54) is 6.07 Å². The third-order valence-corrected chi connectivity index (χ3v) is 1.98. The van der Waals surface area contributed by atoms with E-state index < -0.39 is 39.7 Å². The minimum Gasteiger partial charge on any atom is -0.478 e. The average molecular weight is 242 g/mol. The van der Waals surface area contributed by atoms with Crippen LogP contribution in [-0.2, 0) is 0 Å². The van der Waals surface area contributed by atoms with Gasteiger partial charge < -0.3 is 5.11 Å². The second-order valence-electron chi connectivity index (χ2n) is 2.90. The second kappa shape index (κ2) is 4.52. The Hall–Kier alpha value is -2.56. The molecule has 0 atom stereocenters. The molecule has 6 nitrogen and oxygen atoms in total. The summed E-state index contributed by atoms with van der Waals surface area (Å²) in [6, 6.07) is 2.66. The van der Waals surface area contributed by atoms with Crippen molar-refractivity contribution in [2.75, 3.05) is 0 Å². The minimum absolute atomic E-state index is 0.645. The first kappa shape index (κ1) is 12.5. The van der Waals surface area contributed by atoms with E-state index >= 15 is 0 Å². The number of alkyl halides is 2. The van der Waals surface area contributed by atoms with Crippen LogP contribution in [0.25, 0.3) is 0 Å². The van der Waals surface area contributed by atoms with Crippen molar-refractivity contribution >= 4 is 11.7 Å². The highest BCUT2D eigenvalue weighted by Gasteiger charge is 2.29. The zero-order valence-corrected chi connectivity index (χ0v) is 8.05. The quantitative estimate of drug-likeness (QED) is 0.645. The maximum atomic E-state index is 12.6. The van der Waals surface area contributed by atoms with E-state index in [1.54, 1.807) is 0 Å². The van der Waals surface area contributed by atoms with Crippen molar-refractivity contribution in [3.8, 4) is 6.07 Å². The summed E-state index contributed by atoms with van der Waals surface area (Å²) in [5.74, 6) is -1.60. The number of nitro benzene ring substituents is 1. The Morgan fingerprint density at radius 2 is 2.12 bits per heavy atom. The minimum atomic E-state index is -3.30. The molecule has 0 heterocycles. The van der Waals surface area contributed by atoms with Gasteiger partial charge in [-0.1, -0.05) is 0 Å². The predicted molar refractivity (Wildman–Crippen MR) is 49.7 cm³/mol. The molecule has 1 aromatic carbocycles. The summed E-state index contributed by atoms with van der Waals surface area (Å²) < 4.78 is 25.3. The van der Waals surface area contributed by atoms with Gasteiger partial charge in [0.25, 0.3) is 12.1 Å². The molecule has 0 saturated carbocycles. The summed E-state index contributed by atoms with van der Waals surface area (Å²) in [4.78, 5) is 20.1. The van der Waals surface area contributed by atoms with Gasteiger partial charge in [-0.3, -0.25) is 10.1 Å². The van der Waals surface area contributed by atoms with Gasteiger partial charge in [0, 0.05) is 6.07 Å². The van der Waals surface area contributed by atoms with E-state index in [2.05, 4.69) is 0 Å². The number of hydrogen-bond acceptors (Lipinski definition) is 4. The summed E-state index contributed by atoms with van der Waals surface area (Å²) in [6.07, 6.45) is -3.30. The summed E-state index contributed by atoms with van der Waals surface area (Å²) >= 11 is 0. The van der Waals surface area contributed by atoms with Gasteiger partial charge in [0.05, 0.1) is 16.1 Å². The van der Waals surface area contributed by atoms with Gasteiger partial charge in [0.2, 0.25) is 0 Å². The van der Waals surface area contributed by atoms with Gasteiger partial charge in [-0.05, 0) is 6.07 Å². The standard InChI is InChI=1S/C9H4F2N2O4/c10-8(11)7-5(3-12)4(9(14)15)1-2-6(7)13(16)17/h1-2,8H,(H,14,15). The van der Waals surface area contributed by atoms with E-state index in [9.17, 15) is 23.7 Å². The Morgan fingerprint density at radius 3 is 2.47 bits per heavy atom. The highest BCUT2D eigenvalue weighted by molar-refractivity contribution is 5.91. The SMILES string of the molecule is N#Cc1c(C(=O)O)ccc([N+](=O)[O-])c1C(F)F. The van der Waals surface area contributed by atoms with Gasteiger partial charge in [-0.15, -0.1) is 0 Å². The largest absolute Gasteiger partial charge is 0.478 e. The maximum Gasteiger partial charge on any atom is 0.337 e. The van der Waals surface area contributed by atoms with Crippen LogP contribution in [-0.4, -0.2) is 16.0 Å². The van der Waals surface area contributed by atoms with Crippen molar-refractivity contribution in [3.63, 3.8) is 0 Å². The van der Waals surface area contributed by atoms with Crippen LogP contribution in [0.4, 0.5) is 14.5 Å². The smallest absolute Gasteiger partial charge is 0.337 e. The summed E-state index contributed by atoms with van der Waals surface area (Å²) in [6.45, 7) is 0. The fourth-order valence-corrected chi connectivity index (χ4v) is 1.29. The highest BCUT2D eigenvalue weighted by atomic mass is 19.3. The maximum absolute atomic E-state index is 12.6. The molecule has 0 fully saturated rings. The van der Waals surface area contributed by atoms with Gasteiger partial charge in [0.15, 0.2) is 0 Å². The third kappa shape index (κ3) is 2.17. The fourth-order valence-electron chi connectivity index (χ4n) is 1.29. The van der Waals surface area contributed by atoms with Gasteiger partial charge in [0.1, 0.15) is 11.6 Å². The summed E-state index contributed by atoms with van der Waals surface area (Å²) in [5.41, 5.74) is -3.71. The number of aromatic carboxylic acids is 1. The van der Waals surface area contributed by atoms with Crippen molar-refractivity contribution in [2.24, 2.45) is 0 Å². The van der Waals surface area contributed by atoms with Crippen molar-refractivity contribution in [1.82, 2.24) is 0 Å². The first-order chi connectivity index (χ1) is 7.90. The Balaban J connectivity index is 3.69. The van der Waals surface area contributed by atoms with Crippen molar-refractivity contribution in [2.45, 2.75) is 6.43 Å². The van der Waals surface area contributed by atoms with Crippen LogP contribution in [0.2, 0.25) is 0 Å². The zero-order chi connectivity index (χ0) is 13.2. The molecule has 0 unspecified atom stereocenters. The van der Waals surface area contributed by atoms with E-state index in [4.69, 9.17) is 10.4 Å². The Kier molecular flexibility index (Phi) is 3.33. The van der Waals surface area contributed by atoms with Crippen LogP contribution in [0, 0.1) is 21.4 Å². The molecule has 0 bridgehead atoms. The lowest BCUT2D eigenvalue weighted by molar-refractivity contribution is -0.386. The molecule has 1 N–H and O–H groups in total. The molecule has 8 heteroatoms. The number of benzene rings is 1. The normalized spacial score (nSPS) is 10.0. The molecule has 17 heavy (non-hydrogen) atoms. The Bertz CT molecular complexity index is 537. The number of nitriles is 1. The summed E-state index contributed by atoms with van der Waals surface area (Å²) in [5, 5.41) is 27.8. The van der Waals surface area contributed by atoms with Gasteiger partial charge in [-0.25, -0.2) is 13.6 Å². The molecule has 0 amide bonds. The van der Waals surface area contributed by atoms with Crippen LogP contribution in [0.3, 0.4) is 0 Å². The number of rotatable bonds is 3. The topological polar surface area (TPSA) is 104 Å². The van der Waals surface area contributed by atoms with Gasteiger partial charge in [-0.2, -0.15) is 5.26 Å². The van der Waals surface area contributed by atoms with Crippen LogP contribution in [0.5, 0.6) is 0 Å². The number of carboxylic acid groups (broad SMARTS) is 1. The summed E-state index contributed by atoms with van der Waals surface area (Å²) in [7, 11) is 0. The van der Waals surface area contributed by atoms with E-state index in [0.717, 1.165) is 6.07 Å². The van der Waals surface area contributed by atoms with Crippen LogP contribution < -0.4 is 0 Å². The zero-order valence-electron chi connectivity index (χ0n) is 8.05. The molecular formula is C9H4F2N2O4. The molecule has 1 aromatic rings. The van der Waals surface area contributed by atoms with Crippen molar-refractivity contribution in [3.05, 3.63) is 38.9 Å². The Morgan fingerprint density at radius 1 is 1.53 bits per heavy atom. The number of halogens is 2. The third-order valence-electron chi connectivity index (χ3n) is 1.98. The first-order valence-electron chi connectivity index (χ1n) is 4.13. The van der Waals surface area contributed by atoms with E-state index in [1.807, 2.05) is 0 Å². The lowest BCUT2D eigenvalue weighted by Gasteiger charge is -2.06. The number of hydrogen-bond donors (Lipinski definition) is 1. The molecule has 0 aliphatic rings. The molecule has 0 aromatic heterocycles. The average Bonchev–Trinajstić information content (AvgIpc) is 2.26. The number of carboxylic acids is 1. The molecule has 0 radical (unpaired) electrons. The number of nitro groups is 1. The van der Waals surface area contributed by atoms with Crippen molar-refractivity contribution in [1.29, 1.82) is 5.26 Å². The van der Waals surface area contributed by atoms with Gasteiger partial charge >= 0.3 is 5.97 Å². The lowest BCUT2D eigenvalue weighted by Crippen LogP contribution is -2.07. The fraction of sp³-hybridized carbons (Fsp3) is 0.111. The molecule has 1 rings (SSSR count). The van der Waals surface area contributed by atoms with E-state index in [-0.39, 0.29) is 0 Å². The lowest BCUT2D eigenvalue weighted by atomic mass is 10.0. The monoisotopic (exact) mass is 242 g/mol. The molecule has 88 valence electrons. The molecular weight excluding hydrogens is 238 g/mol.